The molecular formula is C14H16N4. The van der Waals surface area contributed by atoms with E-state index in [2.05, 4.69) is 47.0 Å². The summed E-state index contributed by atoms with van der Waals surface area (Å²) in [7, 11) is 2.02. The predicted octanol–water partition coefficient (Wildman–Crippen LogP) is 2.87. The highest BCUT2D eigenvalue weighted by molar-refractivity contribution is 5.78. The Morgan fingerprint density at radius 3 is 2.33 bits per heavy atom. The molecule has 0 fully saturated rings. The molecule has 0 aliphatic rings. The third-order valence-electron chi connectivity index (χ3n) is 3.27. The van der Waals surface area contributed by atoms with Gasteiger partial charge in [0.25, 0.3) is 0 Å². The van der Waals surface area contributed by atoms with Crippen molar-refractivity contribution >= 4 is 17.0 Å². The van der Waals surface area contributed by atoms with Crippen molar-refractivity contribution in [1.29, 1.82) is 0 Å². The minimum absolute atomic E-state index is 0.846. The molecule has 0 unspecified atom stereocenters. The van der Waals surface area contributed by atoms with Crippen LogP contribution in [0.25, 0.3) is 11.0 Å². The average Bonchev–Trinajstić information content (AvgIpc) is 2.85. The molecule has 2 heterocycles. The Labute approximate surface area is 106 Å². The van der Waals surface area contributed by atoms with Gasteiger partial charge in [-0.25, -0.2) is 4.98 Å². The van der Waals surface area contributed by atoms with E-state index in [1.165, 1.54) is 11.4 Å². The van der Waals surface area contributed by atoms with Crippen LogP contribution in [0.2, 0.25) is 0 Å². The Kier molecular flexibility index (Phi) is 2.37. The van der Waals surface area contributed by atoms with E-state index in [1.54, 1.807) is 0 Å². The van der Waals surface area contributed by atoms with Crippen molar-refractivity contribution in [2.45, 2.75) is 13.8 Å². The Balaban J connectivity index is 2.08. The van der Waals surface area contributed by atoms with Crippen LogP contribution in [0, 0.1) is 13.8 Å². The Hall–Kier alpha value is -2.23. The normalized spacial score (nSPS) is 11.1. The lowest BCUT2D eigenvalue weighted by molar-refractivity contribution is 0.828. The number of nitrogens with one attached hydrogen (secondary N) is 1. The van der Waals surface area contributed by atoms with E-state index in [0.29, 0.717) is 0 Å². The van der Waals surface area contributed by atoms with Gasteiger partial charge in [-0.3, -0.25) is 10.1 Å². The highest BCUT2D eigenvalue weighted by Gasteiger charge is 2.08. The highest BCUT2D eigenvalue weighted by atomic mass is 15.5. The van der Waals surface area contributed by atoms with Crippen molar-refractivity contribution in [1.82, 2.24) is 14.2 Å². The van der Waals surface area contributed by atoms with Gasteiger partial charge in [0.15, 0.2) is 0 Å². The van der Waals surface area contributed by atoms with Crippen LogP contribution in [0.4, 0.5) is 5.95 Å². The van der Waals surface area contributed by atoms with Gasteiger partial charge in [-0.05, 0) is 38.1 Å². The molecule has 0 spiro atoms. The van der Waals surface area contributed by atoms with E-state index >= 15 is 0 Å². The smallest absolute Gasteiger partial charge is 0.223 e. The fourth-order valence-corrected chi connectivity index (χ4v) is 2.19. The van der Waals surface area contributed by atoms with Gasteiger partial charge in [-0.2, -0.15) is 0 Å². The first-order valence-electron chi connectivity index (χ1n) is 6.00. The number of fused-ring (bicyclic) bond motifs is 1. The van der Waals surface area contributed by atoms with Crippen LogP contribution in [0.5, 0.6) is 0 Å². The number of aromatic nitrogens is 3. The van der Waals surface area contributed by atoms with Gasteiger partial charge >= 0.3 is 0 Å². The Morgan fingerprint density at radius 1 is 1.00 bits per heavy atom. The molecular weight excluding hydrogens is 224 g/mol. The molecule has 0 bridgehead atoms. The molecule has 0 aliphatic heterocycles. The maximum absolute atomic E-state index is 4.60. The molecule has 0 atom stereocenters. The molecule has 3 aromatic rings. The van der Waals surface area contributed by atoms with Crippen LogP contribution >= 0.6 is 0 Å². The standard InChI is InChI=1S/C14H16N4/c1-10-8-9-11(2)18(10)16-14-15-12-6-4-5-7-13(12)17(14)3/h4-9H,1-3H3,(H,15,16). The molecule has 2 aromatic heterocycles. The van der Waals surface area contributed by atoms with Gasteiger partial charge < -0.3 is 4.57 Å². The fourth-order valence-electron chi connectivity index (χ4n) is 2.19. The first kappa shape index (κ1) is 10.9. The Morgan fingerprint density at radius 2 is 1.67 bits per heavy atom. The summed E-state index contributed by atoms with van der Waals surface area (Å²) in [5.41, 5.74) is 7.81. The van der Waals surface area contributed by atoms with Crippen LogP contribution < -0.4 is 5.43 Å². The molecule has 4 nitrogen and oxygen atoms in total. The highest BCUT2D eigenvalue weighted by Crippen LogP contribution is 2.18. The Bertz CT molecular complexity index is 686. The fraction of sp³-hybridized carbons (Fsp3) is 0.214. The SMILES string of the molecule is Cc1ccc(C)n1Nc1nc2ccccc2n1C. The number of hydrogen-bond donors (Lipinski definition) is 1. The topological polar surface area (TPSA) is 34.8 Å². The van der Waals surface area contributed by atoms with E-state index in [0.717, 1.165) is 17.0 Å². The van der Waals surface area contributed by atoms with Crippen molar-refractivity contribution in [3.63, 3.8) is 0 Å². The van der Waals surface area contributed by atoms with Gasteiger partial charge in [-0.15, -0.1) is 0 Å². The van der Waals surface area contributed by atoms with Crippen LogP contribution in [0.15, 0.2) is 36.4 Å². The van der Waals surface area contributed by atoms with Crippen LogP contribution in [0.3, 0.4) is 0 Å². The predicted molar refractivity (Wildman–Crippen MR) is 73.6 cm³/mol. The summed E-state index contributed by atoms with van der Waals surface area (Å²) >= 11 is 0. The molecule has 0 saturated carbocycles. The van der Waals surface area contributed by atoms with Gasteiger partial charge in [0.05, 0.1) is 11.0 Å². The number of nitrogens with zero attached hydrogens (tertiary/aromatic N) is 3. The number of aryl methyl sites for hydroxylation is 3. The van der Waals surface area contributed by atoms with E-state index in [1.807, 2.05) is 29.9 Å². The van der Waals surface area contributed by atoms with Gasteiger partial charge in [0.2, 0.25) is 5.95 Å². The third kappa shape index (κ3) is 1.57. The second-order valence-electron chi connectivity index (χ2n) is 4.55. The third-order valence-corrected chi connectivity index (χ3v) is 3.27. The minimum atomic E-state index is 0.846. The molecule has 4 heteroatoms. The second kappa shape index (κ2) is 3.91. The van der Waals surface area contributed by atoms with Crippen molar-refractivity contribution in [2.24, 2.45) is 7.05 Å². The lowest BCUT2D eigenvalue weighted by atomic mass is 10.3. The lowest BCUT2D eigenvalue weighted by Crippen LogP contribution is -2.15. The summed E-state index contributed by atoms with van der Waals surface area (Å²) in [5, 5.41) is 0. The molecule has 0 aliphatic carbocycles. The number of rotatable bonds is 2. The van der Waals surface area contributed by atoms with Gasteiger partial charge in [-0.1, -0.05) is 12.1 Å². The van der Waals surface area contributed by atoms with Crippen molar-refractivity contribution in [3.8, 4) is 0 Å². The van der Waals surface area contributed by atoms with Crippen LogP contribution in [-0.4, -0.2) is 14.2 Å². The second-order valence-corrected chi connectivity index (χ2v) is 4.55. The zero-order valence-corrected chi connectivity index (χ0v) is 10.8. The summed E-state index contributed by atoms with van der Waals surface area (Å²) in [5.74, 6) is 0.846. The first-order chi connectivity index (χ1) is 8.66. The zero-order valence-electron chi connectivity index (χ0n) is 10.8. The zero-order chi connectivity index (χ0) is 12.7. The number of imidazole rings is 1. The summed E-state index contributed by atoms with van der Waals surface area (Å²) in [6, 6.07) is 12.3. The maximum atomic E-state index is 4.60. The minimum Gasteiger partial charge on any atom is -0.312 e. The van der Waals surface area contributed by atoms with Gasteiger partial charge in [0.1, 0.15) is 0 Å². The number of anilines is 1. The molecule has 92 valence electrons. The van der Waals surface area contributed by atoms with E-state index in [-0.39, 0.29) is 0 Å². The molecule has 18 heavy (non-hydrogen) atoms. The number of para-hydroxylation sites is 2. The summed E-state index contributed by atoms with van der Waals surface area (Å²) in [4.78, 5) is 4.60. The average molecular weight is 240 g/mol. The molecule has 0 amide bonds. The number of hydrogen-bond acceptors (Lipinski definition) is 2. The van der Waals surface area contributed by atoms with E-state index < -0.39 is 0 Å². The summed E-state index contributed by atoms with van der Waals surface area (Å²) in [6.45, 7) is 4.14. The van der Waals surface area contributed by atoms with Crippen LogP contribution in [0.1, 0.15) is 11.4 Å². The van der Waals surface area contributed by atoms with Crippen molar-refractivity contribution < 1.29 is 0 Å². The molecule has 1 aromatic carbocycles. The first-order valence-corrected chi connectivity index (χ1v) is 6.00. The quantitative estimate of drug-likeness (QED) is 0.747. The molecule has 0 saturated heterocycles. The molecule has 1 N–H and O–H groups in total. The van der Waals surface area contributed by atoms with Crippen molar-refractivity contribution in [2.75, 3.05) is 5.43 Å². The monoisotopic (exact) mass is 240 g/mol. The van der Waals surface area contributed by atoms with Crippen LogP contribution in [-0.2, 0) is 7.05 Å². The summed E-state index contributed by atoms with van der Waals surface area (Å²) in [6.07, 6.45) is 0. The molecule has 0 radical (unpaired) electrons. The van der Waals surface area contributed by atoms with E-state index in [4.69, 9.17) is 0 Å². The van der Waals surface area contributed by atoms with Gasteiger partial charge in [0, 0.05) is 18.4 Å². The molecule has 3 rings (SSSR count). The van der Waals surface area contributed by atoms with Crippen molar-refractivity contribution in [3.05, 3.63) is 47.8 Å². The largest absolute Gasteiger partial charge is 0.312 e. The lowest BCUT2D eigenvalue weighted by Gasteiger charge is -2.11. The summed E-state index contributed by atoms with van der Waals surface area (Å²) < 4.78 is 4.11. The maximum Gasteiger partial charge on any atom is 0.223 e. The van der Waals surface area contributed by atoms with E-state index in [9.17, 15) is 0 Å². The number of benzene rings is 1.